The lowest BCUT2D eigenvalue weighted by molar-refractivity contribution is 0.481. The summed E-state index contributed by atoms with van der Waals surface area (Å²) in [6, 6.07) is 3.38. The van der Waals surface area contributed by atoms with E-state index in [1.807, 2.05) is 11.4 Å². The van der Waals surface area contributed by atoms with Gasteiger partial charge in [0, 0.05) is 25.0 Å². The molecule has 0 aliphatic heterocycles. The third kappa shape index (κ3) is 1.22. The second-order valence-electron chi connectivity index (χ2n) is 2.38. The standard InChI is InChI=1S/C8H4BrClOS/c9-5-3-12-7-2-4(10)1-6(11)8(5)7/h1-3,11H. The predicted octanol–water partition coefficient (Wildman–Crippen LogP) is 4.02. The summed E-state index contributed by atoms with van der Waals surface area (Å²) in [4.78, 5) is 0. The van der Waals surface area contributed by atoms with Crippen LogP contribution < -0.4 is 0 Å². The lowest BCUT2D eigenvalue weighted by Gasteiger charge is -1.96. The molecule has 1 N–H and O–H groups in total. The molecule has 0 amide bonds. The first-order valence-corrected chi connectivity index (χ1v) is 5.29. The Balaban J connectivity index is 2.93. The van der Waals surface area contributed by atoms with Gasteiger partial charge in [-0.25, -0.2) is 0 Å². The monoisotopic (exact) mass is 262 g/mol. The molecule has 62 valence electrons. The summed E-state index contributed by atoms with van der Waals surface area (Å²) in [5.74, 6) is 0.227. The number of fused-ring (bicyclic) bond motifs is 1. The minimum atomic E-state index is 0.227. The predicted molar refractivity (Wildman–Crippen MR) is 56.2 cm³/mol. The molecule has 0 fully saturated rings. The van der Waals surface area contributed by atoms with Crippen LogP contribution in [0.15, 0.2) is 22.0 Å². The smallest absolute Gasteiger partial charge is 0.126 e. The molecule has 0 bridgehead atoms. The van der Waals surface area contributed by atoms with E-state index in [0.717, 1.165) is 14.6 Å². The molecule has 2 rings (SSSR count). The summed E-state index contributed by atoms with van der Waals surface area (Å²) in [5, 5.41) is 12.8. The quantitative estimate of drug-likeness (QED) is 0.761. The fraction of sp³-hybridized carbons (Fsp3) is 0. The molecule has 1 aromatic carbocycles. The molecule has 1 aromatic heterocycles. The van der Waals surface area contributed by atoms with E-state index in [1.165, 1.54) is 0 Å². The minimum Gasteiger partial charge on any atom is -0.507 e. The number of phenolic OH excluding ortho intramolecular Hbond substituents is 1. The number of halogens is 2. The number of hydrogen-bond acceptors (Lipinski definition) is 2. The van der Waals surface area contributed by atoms with Crippen molar-refractivity contribution in [3.8, 4) is 5.75 Å². The van der Waals surface area contributed by atoms with E-state index >= 15 is 0 Å². The summed E-state index contributed by atoms with van der Waals surface area (Å²) in [6.45, 7) is 0. The SMILES string of the molecule is Oc1cc(Cl)cc2scc(Br)c12. The zero-order chi connectivity index (χ0) is 8.72. The average Bonchev–Trinajstić information content (AvgIpc) is 2.31. The number of aromatic hydroxyl groups is 1. The summed E-state index contributed by atoms with van der Waals surface area (Å²) in [6.07, 6.45) is 0. The Hall–Kier alpha value is -0.250. The molecule has 0 aliphatic rings. The Bertz CT molecular complexity index is 438. The summed E-state index contributed by atoms with van der Waals surface area (Å²) >= 11 is 10.7. The summed E-state index contributed by atoms with van der Waals surface area (Å²) in [5.41, 5.74) is 0. The van der Waals surface area contributed by atoms with Crippen molar-refractivity contribution in [2.45, 2.75) is 0 Å². The summed E-state index contributed by atoms with van der Waals surface area (Å²) < 4.78 is 1.91. The molecule has 0 radical (unpaired) electrons. The van der Waals surface area contributed by atoms with Gasteiger partial charge in [0.1, 0.15) is 5.75 Å². The maximum atomic E-state index is 9.51. The number of thiophene rings is 1. The molecular formula is C8H4BrClOS. The largest absolute Gasteiger partial charge is 0.507 e. The van der Waals surface area contributed by atoms with Crippen LogP contribution >= 0.6 is 38.9 Å². The molecule has 2 aromatic rings. The molecular weight excluding hydrogens is 260 g/mol. The molecule has 1 nitrogen and oxygen atoms in total. The van der Waals surface area contributed by atoms with Gasteiger partial charge < -0.3 is 5.11 Å². The minimum absolute atomic E-state index is 0.227. The van der Waals surface area contributed by atoms with Crippen molar-refractivity contribution in [3.63, 3.8) is 0 Å². The Morgan fingerprint density at radius 2 is 2.17 bits per heavy atom. The van der Waals surface area contributed by atoms with Crippen LogP contribution in [0, 0.1) is 0 Å². The topological polar surface area (TPSA) is 20.2 Å². The van der Waals surface area contributed by atoms with Crippen LogP contribution in [-0.4, -0.2) is 5.11 Å². The van der Waals surface area contributed by atoms with Gasteiger partial charge in [-0.05, 0) is 28.1 Å². The van der Waals surface area contributed by atoms with E-state index in [-0.39, 0.29) is 5.75 Å². The van der Waals surface area contributed by atoms with Gasteiger partial charge in [0.25, 0.3) is 0 Å². The van der Waals surface area contributed by atoms with Crippen molar-refractivity contribution in [3.05, 3.63) is 27.0 Å². The molecule has 0 spiro atoms. The number of hydrogen-bond donors (Lipinski definition) is 1. The normalized spacial score (nSPS) is 10.8. The Kier molecular flexibility index (Phi) is 2.02. The molecule has 0 atom stereocenters. The maximum absolute atomic E-state index is 9.51. The van der Waals surface area contributed by atoms with E-state index in [1.54, 1.807) is 17.4 Å². The van der Waals surface area contributed by atoms with Gasteiger partial charge in [0.15, 0.2) is 0 Å². The van der Waals surface area contributed by atoms with Crippen molar-refractivity contribution in [1.29, 1.82) is 0 Å². The van der Waals surface area contributed by atoms with Crippen molar-refractivity contribution >= 4 is 49.0 Å². The first kappa shape index (κ1) is 8.35. The number of phenols is 1. The highest BCUT2D eigenvalue weighted by Gasteiger charge is 2.07. The first-order valence-electron chi connectivity index (χ1n) is 3.23. The first-order chi connectivity index (χ1) is 5.68. The third-order valence-corrected chi connectivity index (χ3v) is 3.65. The van der Waals surface area contributed by atoms with Crippen LogP contribution in [-0.2, 0) is 0 Å². The zero-order valence-corrected chi connectivity index (χ0v) is 9.00. The third-order valence-electron chi connectivity index (χ3n) is 1.57. The van der Waals surface area contributed by atoms with Crippen LogP contribution in [0.5, 0.6) is 5.75 Å². The molecule has 4 heteroatoms. The van der Waals surface area contributed by atoms with Crippen LogP contribution in [0.25, 0.3) is 10.1 Å². The van der Waals surface area contributed by atoms with Gasteiger partial charge in [-0.1, -0.05) is 11.6 Å². The van der Waals surface area contributed by atoms with Crippen LogP contribution in [0.1, 0.15) is 0 Å². The Labute approximate surface area is 86.7 Å². The van der Waals surface area contributed by atoms with Gasteiger partial charge in [-0.15, -0.1) is 11.3 Å². The Morgan fingerprint density at radius 1 is 1.42 bits per heavy atom. The molecule has 1 heterocycles. The highest BCUT2D eigenvalue weighted by atomic mass is 79.9. The second-order valence-corrected chi connectivity index (χ2v) is 4.58. The van der Waals surface area contributed by atoms with Crippen LogP contribution in [0.2, 0.25) is 5.02 Å². The number of rotatable bonds is 0. The summed E-state index contributed by atoms with van der Waals surface area (Å²) in [7, 11) is 0. The molecule has 0 unspecified atom stereocenters. The van der Waals surface area contributed by atoms with E-state index in [2.05, 4.69) is 15.9 Å². The maximum Gasteiger partial charge on any atom is 0.126 e. The van der Waals surface area contributed by atoms with Crippen molar-refractivity contribution in [2.75, 3.05) is 0 Å². The lowest BCUT2D eigenvalue weighted by atomic mass is 10.2. The highest BCUT2D eigenvalue weighted by molar-refractivity contribution is 9.10. The fourth-order valence-electron chi connectivity index (χ4n) is 1.08. The Morgan fingerprint density at radius 3 is 2.92 bits per heavy atom. The molecule has 0 saturated carbocycles. The van der Waals surface area contributed by atoms with Gasteiger partial charge >= 0.3 is 0 Å². The van der Waals surface area contributed by atoms with E-state index < -0.39 is 0 Å². The van der Waals surface area contributed by atoms with Gasteiger partial charge in [-0.2, -0.15) is 0 Å². The van der Waals surface area contributed by atoms with Crippen LogP contribution in [0.4, 0.5) is 0 Å². The average molecular weight is 264 g/mol. The second kappa shape index (κ2) is 2.91. The lowest BCUT2D eigenvalue weighted by Crippen LogP contribution is -1.68. The van der Waals surface area contributed by atoms with Crippen molar-refractivity contribution < 1.29 is 5.11 Å². The van der Waals surface area contributed by atoms with Crippen LogP contribution in [0.3, 0.4) is 0 Å². The molecule has 0 aliphatic carbocycles. The zero-order valence-electron chi connectivity index (χ0n) is 5.84. The number of benzene rings is 1. The van der Waals surface area contributed by atoms with E-state index in [9.17, 15) is 5.11 Å². The fourth-order valence-corrected chi connectivity index (χ4v) is 3.06. The van der Waals surface area contributed by atoms with Gasteiger partial charge in [-0.3, -0.25) is 0 Å². The molecule has 12 heavy (non-hydrogen) atoms. The van der Waals surface area contributed by atoms with E-state index in [4.69, 9.17) is 11.6 Å². The molecule has 0 saturated heterocycles. The van der Waals surface area contributed by atoms with Crippen molar-refractivity contribution in [2.24, 2.45) is 0 Å². The van der Waals surface area contributed by atoms with Gasteiger partial charge in [0.2, 0.25) is 0 Å². The highest BCUT2D eigenvalue weighted by Crippen LogP contribution is 2.38. The van der Waals surface area contributed by atoms with E-state index in [0.29, 0.717) is 5.02 Å². The van der Waals surface area contributed by atoms with Crippen molar-refractivity contribution in [1.82, 2.24) is 0 Å². The van der Waals surface area contributed by atoms with Gasteiger partial charge in [0.05, 0.1) is 0 Å².